The molecule has 26 heavy (non-hydrogen) atoms. The molecule has 0 aliphatic carbocycles. The monoisotopic (exact) mass is 385 g/mol. The van der Waals surface area contributed by atoms with Crippen molar-refractivity contribution in [2.24, 2.45) is 0 Å². The van der Waals surface area contributed by atoms with Gasteiger partial charge in [-0.15, -0.1) is 11.3 Å². The van der Waals surface area contributed by atoms with E-state index in [0.717, 1.165) is 39.6 Å². The summed E-state index contributed by atoms with van der Waals surface area (Å²) < 4.78 is 5.53. The second-order valence-electron chi connectivity index (χ2n) is 6.10. The van der Waals surface area contributed by atoms with Gasteiger partial charge in [-0.25, -0.2) is 9.97 Å². The first-order chi connectivity index (χ1) is 12.8. The lowest BCUT2D eigenvalue weighted by atomic mass is 10.2. The van der Waals surface area contributed by atoms with E-state index >= 15 is 0 Å². The minimum atomic E-state index is 0.00998. The summed E-state index contributed by atoms with van der Waals surface area (Å²) in [7, 11) is 0. The van der Waals surface area contributed by atoms with Crippen molar-refractivity contribution in [3.8, 4) is 10.4 Å². The molecular formula is C19H19N3O2S2. The molecule has 1 saturated heterocycles. The number of amides is 1. The third-order valence-corrected chi connectivity index (χ3v) is 6.34. The molecular weight excluding hydrogens is 366 g/mol. The van der Waals surface area contributed by atoms with Crippen molar-refractivity contribution in [2.45, 2.75) is 24.0 Å². The van der Waals surface area contributed by atoms with Crippen LogP contribution < -0.4 is 5.32 Å². The maximum Gasteiger partial charge on any atom is 0.230 e. The first-order valence-electron chi connectivity index (χ1n) is 8.60. The van der Waals surface area contributed by atoms with Crippen LogP contribution >= 0.6 is 23.1 Å². The Morgan fingerprint density at radius 1 is 1.31 bits per heavy atom. The molecule has 1 atom stereocenters. The fraction of sp³-hybridized carbons (Fsp3) is 0.316. The summed E-state index contributed by atoms with van der Waals surface area (Å²) in [5.41, 5.74) is 1.17. The van der Waals surface area contributed by atoms with Gasteiger partial charge in [0.25, 0.3) is 0 Å². The van der Waals surface area contributed by atoms with Crippen LogP contribution in [0.25, 0.3) is 20.7 Å². The second kappa shape index (κ2) is 8.16. The predicted octanol–water partition coefficient (Wildman–Crippen LogP) is 3.75. The Bertz CT molecular complexity index is 892. The molecule has 7 heteroatoms. The summed E-state index contributed by atoms with van der Waals surface area (Å²) in [6, 6.07) is 12.3. The van der Waals surface area contributed by atoms with Crippen LogP contribution in [-0.4, -0.2) is 40.9 Å². The molecule has 1 aliphatic rings. The molecule has 1 fully saturated rings. The van der Waals surface area contributed by atoms with Crippen molar-refractivity contribution in [3.63, 3.8) is 0 Å². The molecule has 134 valence electrons. The van der Waals surface area contributed by atoms with Crippen LogP contribution in [0.2, 0.25) is 0 Å². The van der Waals surface area contributed by atoms with Crippen LogP contribution in [0.1, 0.15) is 12.8 Å². The summed E-state index contributed by atoms with van der Waals surface area (Å²) >= 11 is 3.10. The Morgan fingerprint density at radius 2 is 2.19 bits per heavy atom. The average molecular weight is 386 g/mol. The molecule has 0 unspecified atom stereocenters. The number of nitrogens with one attached hydrogen (secondary N) is 1. The highest BCUT2D eigenvalue weighted by atomic mass is 32.2. The maximum absolute atomic E-state index is 12.1. The highest BCUT2D eigenvalue weighted by Crippen LogP contribution is 2.35. The maximum atomic E-state index is 12.1. The lowest BCUT2D eigenvalue weighted by Crippen LogP contribution is -2.32. The molecule has 2 aromatic heterocycles. The SMILES string of the molecule is O=C(CSc1ncnc2sc(-c3ccccc3)cc12)NC[C@@H]1CCCO1. The van der Waals surface area contributed by atoms with Crippen molar-refractivity contribution in [1.82, 2.24) is 15.3 Å². The van der Waals surface area contributed by atoms with E-state index in [-0.39, 0.29) is 12.0 Å². The van der Waals surface area contributed by atoms with Crippen LogP contribution in [-0.2, 0) is 9.53 Å². The van der Waals surface area contributed by atoms with Gasteiger partial charge in [0.1, 0.15) is 16.2 Å². The Kier molecular flexibility index (Phi) is 5.48. The second-order valence-corrected chi connectivity index (χ2v) is 8.10. The van der Waals surface area contributed by atoms with E-state index in [0.29, 0.717) is 12.3 Å². The molecule has 1 N–H and O–H groups in total. The van der Waals surface area contributed by atoms with Gasteiger partial charge in [0.2, 0.25) is 5.91 Å². The number of ether oxygens (including phenoxy) is 1. The number of carbonyl (C=O) groups is 1. The normalized spacial score (nSPS) is 16.8. The van der Waals surface area contributed by atoms with Gasteiger partial charge in [-0.2, -0.15) is 0 Å². The highest BCUT2D eigenvalue weighted by molar-refractivity contribution is 8.00. The van der Waals surface area contributed by atoms with Gasteiger partial charge in [-0.05, 0) is 24.5 Å². The van der Waals surface area contributed by atoms with E-state index in [4.69, 9.17) is 4.74 Å². The molecule has 0 radical (unpaired) electrons. The van der Waals surface area contributed by atoms with Crippen molar-refractivity contribution in [3.05, 3.63) is 42.7 Å². The van der Waals surface area contributed by atoms with Crippen molar-refractivity contribution < 1.29 is 9.53 Å². The van der Waals surface area contributed by atoms with Gasteiger partial charge in [0, 0.05) is 23.4 Å². The van der Waals surface area contributed by atoms with Gasteiger partial charge in [-0.3, -0.25) is 4.79 Å². The van der Waals surface area contributed by atoms with E-state index in [1.165, 1.54) is 17.3 Å². The Hall–Kier alpha value is -1.96. The van der Waals surface area contributed by atoms with E-state index in [9.17, 15) is 4.79 Å². The molecule has 1 aromatic carbocycles. The van der Waals surface area contributed by atoms with E-state index in [1.807, 2.05) is 18.2 Å². The minimum Gasteiger partial charge on any atom is -0.376 e. The highest BCUT2D eigenvalue weighted by Gasteiger charge is 2.17. The van der Waals surface area contributed by atoms with Gasteiger partial charge in [0.15, 0.2) is 0 Å². The van der Waals surface area contributed by atoms with Crippen LogP contribution in [0.5, 0.6) is 0 Å². The Morgan fingerprint density at radius 3 is 3.00 bits per heavy atom. The van der Waals surface area contributed by atoms with Crippen molar-refractivity contribution in [2.75, 3.05) is 18.9 Å². The summed E-state index contributed by atoms with van der Waals surface area (Å²) in [5.74, 6) is 0.353. The van der Waals surface area contributed by atoms with Crippen LogP contribution in [0.3, 0.4) is 0 Å². The van der Waals surface area contributed by atoms with Crippen molar-refractivity contribution >= 4 is 39.2 Å². The number of hydrogen-bond acceptors (Lipinski definition) is 6. The zero-order valence-corrected chi connectivity index (χ0v) is 15.8. The topological polar surface area (TPSA) is 64.1 Å². The number of thiophene rings is 1. The first kappa shape index (κ1) is 17.5. The Balaban J connectivity index is 1.43. The molecule has 1 aliphatic heterocycles. The fourth-order valence-electron chi connectivity index (χ4n) is 2.91. The largest absolute Gasteiger partial charge is 0.376 e. The van der Waals surface area contributed by atoms with E-state index in [2.05, 4.69) is 33.5 Å². The first-order valence-corrected chi connectivity index (χ1v) is 10.4. The van der Waals surface area contributed by atoms with Crippen LogP contribution in [0.15, 0.2) is 47.8 Å². The molecule has 0 bridgehead atoms. The van der Waals surface area contributed by atoms with E-state index < -0.39 is 0 Å². The lowest BCUT2D eigenvalue weighted by molar-refractivity contribution is -0.119. The number of fused-ring (bicyclic) bond motifs is 1. The fourth-order valence-corrected chi connectivity index (χ4v) is 4.78. The zero-order chi connectivity index (χ0) is 17.8. The lowest BCUT2D eigenvalue weighted by Gasteiger charge is -2.10. The third kappa shape index (κ3) is 4.06. The van der Waals surface area contributed by atoms with E-state index in [1.54, 1.807) is 17.7 Å². The number of nitrogens with zero attached hydrogens (tertiary/aromatic N) is 2. The predicted molar refractivity (Wildman–Crippen MR) is 106 cm³/mol. The number of aromatic nitrogens is 2. The number of carbonyl (C=O) groups excluding carboxylic acids is 1. The van der Waals surface area contributed by atoms with Crippen LogP contribution in [0.4, 0.5) is 0 Å². The van der Waals surface area contributed by atoms with Gasteiger partial charge >= 0.3 is 0 Å². The molecule has 5 nitrogen and oxygen atoms in total. The molecule has 0 spiro atoms. The minimum absolute atomic E-state index is 0.00998. The number of hydrogen-bond donors (Lipinski definition) is 1. The smallest absolute Gasteiger partial charge is 0.230 e. The molecule has 4 rings (SSSR count). The van der Waals surface area contributed by atoms with Gasteiger partial charge in [-0.1, -0.05) is 42.1 Å². The summed E-state index contributed by atoms with van der Waals surface area (Å²) in [5, 5.41) is 4.80. The molecule has 3 aromatic rings. The average Bonchev–Trinajstić information content (AvgIpc) is 3.35. The third-order valence-electron chi connectivity index (χ3n) is 4.24. The molecule has 3 heterocycles. The Labute approximate surface area is 160 Å². The quantitative estimate of drug-likeness (QED) is 0.517. The standard InChI is InChI=1S/C19H19N3O2S2/c23-17(20-10-14-7-4-8-24-14)11-25-18-15-9-16(13-5-2-1-3-6-13)26-19(15)22-12-21-18/h1-3,5-6,9,12,14H,4,7-8,10-11H2,(H,20,23)/t14-/m0/s1. The van der Waals surface area contributed by atoms with Crippen LogP contribution in [0, 0.1) is 0 Å². The summed E-state index contributed by atoms with van der Waals surface area (Å²) in [6.07, 6.45) is 3.84. The number of benzene rings is 1. The van der Waals surface area contributed by atoms with Crippen molar-refractivity contribution in [1.29, 1.82) is 0 Å². The summed E-state index contributed by atoms with van der Waals surface area (Å²) in [6.45, 7) is 1.39. The molecule has 0 saturated carbocycles. The zero-order valence-electron chi connectivity index (χ0n) is 14.2. The summed E-state index contributed by atoms with van der Waals surface area (Å²) in [4.78, 5) is 23.0. The number of rotatable bonds is 6. The van der Waals surface area contributed by atoms with Gasteiger partial charge < -0.3 is 10.1 Å². The molecule has 1 amide bonds. The number of thioether (sulfide) groups is 1. The van der Waals surface area contributed by atoms with Gasteiger partial charge in [0.05, 0.1) is 11.9 Å².